The molecule has 0 aliphatic heterocycles. The first-order chi connectivity index (χ1) is 8.98. The number of rotatable bonds is 7. The number of benzene rings is 1. The summed E-state index contributed by atoms with van der Waals surface area (Å²) >= 11 is 0. The second kappa shape index (κ2) is 7.11. The molecule has 0 saturated carbocycles. The molecule has 1 aromatic rings. The topological polar surface area (TPSA) is 59.6 Å². The zero-order valence-electron chi connectivity index (χ0n) is 11.9. The Bertz CT molecular complexity index is 419. The zero-order chi connectivity index (χ0) is 14.3. The molecular weight excluding hydrogens is 244 g/mol. The van der Waals surface area contributed by atoms with E-state index in [0.29, 0.717) is 18.0 Å². The highest BCUT2D eigenvalue weighted by atomic mass is 16.5. The molecule has 0 fully saturated rings. The summed E-state index contributed by atoms with van der Waals surface area (Å²) in [6.07, 6.45) is 0. The van der Waals surface area contributed by atoms with E-state index in [9.17, 15) is 4.79 Å². The Morgan fingerprint density at radius 2 is 1.95 bits per heavy atom. The summed E-state index contributed by atoms with van der Waals surface area (Å²) in [7, 11) is 3.21. The molecule has 1 aromatic carbocycles. The Labute approximate surface area is 114 Å². The van der Waals surface area contributed by atoms with Crippen molar-refractivity contribution < 1.29 is 14.3 Å². The van der Waals surface area contributed by atoms with Gasteiger partial charge in [0, 0.05) is 12.6 Å². The van der Waals surface area contributed by atoms with Gasteiger partial charge < -0.3 is 20.1 Å². The van der Waals surface area contributed by atoms with Crippen molar-refractivity contribution in [3.05, 3.63) is 24.3 Å². The third-order valence-corrected chi connectivity index (χ3v) is 2.61. The molecule has 0 saturated heterocycles. The maximum absolute atomic E-state index is 11.9. The van der Waals surface area contributed by atoms with E-state index in [0.717, 1.165) is 0 Å². The Morgan fingerprint density at radius 3 is 2.58 bits per heavy atom. The summed E-state index contributed by atoms with van der Waals surface area (Å²) in [5.41, 5.74) is 0.425. The van der Waals surface area contributed by atoms with E-state index in [4.69, 9.17) is 9.47 Å². The van der Waals surface area contributed by atoms with Crippen LogP contribution in [0.1, 0.15) is 13.8 Å². The Hall–Kier alpha value is -1.59. The minimum absolute atomic E-state index is 0.117. The lowest BCUT2D eigenvalue weighted by atomic mass is 10.1. The fraction of sp³-hybridized carbons (Fsp3) is 0.500. The lowest BCUT2D eigenvalue weighted by Gasteiger charge is -2.25. The first-order valence-corrected chi connectivity index (χ1v) is 6.15. The maximum Gasteiger partial charge on any atom is 0.238 e. The lowest BCUT2D eigenvalue weighted by molar-refractivity contribution is -0.115. The van der Waals surface area contributed by atoms with Gasteiger partial charge in [-0.2, -0.15) is 0 Å². The molecule has 5 nitrogen and oxygen atoms in total. The third kappa shape index (κ3) is 5.28. The van der Waals surface area contributed by atoms with Crippen LogP contribution in [0, 0.1) is 0 Å². The minimum atomic E-state index is -0.243. The van der Waals surface area contributed by atoms with Crippen LogP contribution in [0.5, 0.6) is 5.75 Å². The summed E-state index contributed by atoms with van der Waals surface area (Å²) in [6.45, 7) is 4.71. The van der Waals surface area contributed by atoms with E-state index in [-0.39, 0.29) is 18.0 Å². The monoisotopic (exact) mass is 266 g/mol. The van der Waals surface area contributed by atoms with Crippen LogP contribution in [-0.2, 0) is 9.53 Å². The number of anilines is 1. The maximum atomic E-state index is 11.9. The molecule has 0 radical (unpaired) electrons. The van der Waals surface area contributed by atoms with Crippen LogP contribution in [0.25, 0.3) is 0 Å². The first kappa shape index (κ1) is 15.5. The van der Waals surface area contributed by atoms with Gasteiger partial charge in [-0.05, 0) is 26.0 Å². The summed E-state index contributed by atoms with van der Waals surface area (Å²) in [6, 6.07) is 7.31. The number of amides is 1. The van der Waals surface area contributed by atoms with E-state index in [1.807, 2.05) is 26.0 Å². The minimum Gasteiger partial charge on any atom is -0.495 e. The van der Waals surface area contributed by atoms with Crippen LogP contribution in [0.15, 0.2) is 24.3 Å². The summed E-state index contributed by atoms with van der Waals surface area (Å²) in [5.74, 6) is 0.528. The van der Waals surface area contributed by atoms with Crippen molar-refractivity contribution in [2.45, 2.75) is 19.4 Å². The molecule has 0 atom stereocenters. The molecule has 1 amide bonds. The normalized spacial score (nSPS) is 11.2. The van der Waals surface area contributed by atoms with Crippen molar-refractivity contribution in [3.63, 3.8) is 0 Å². The van der Waals surface area contributed by atoms with Crippen LogP contribution in [0.3, 0.4) is 0 Å². The average molecular weight is 266 g/mol. The highest BCUT2D eigenvalue weighted by Crippen LogP contribution is 2.22. The number of ether oxygens (including phenoxy) is 2. The summed E-state index contributed by atoms with van der Waals surface area (Å²) in [4.78, 5) is 11.9. The fourth-order valence-electron chi connectivity index (χ4n) is 1.67. The van der Waals surface area contributed by atoms with Crippen molar-refractivity contribution in [2.75, 3.05) is 32.7 Å². The van der Waals surface area contributed by atoms with Gasteiger partial charge in [0.25, 0.3) is 0 Å². The Kier molecular flexibility index (Phi) is 5.79. The average Bonchev–Trinajstić information content (AvgIpc) is 2.37. The third-order valence-electron chi connectivity index (χ3n) is 2.61. The van der Waals surface area contributed by atoms with Gasteiger partial charge in [-0.1, -0.05) is 12.1 Å². The van der Waals surface area contributed by atoms with Gasteiger partial charge in [0.1, 0.15) is 5.75 Å². The molecule has 0 aliphatic carbocycles. The Balaban J connectivity index is 2.52. The zero-order valence-corrected chi connectivity index (χ0v) is 11.9. The molecule has 1 rings (SSSR count). The van der Waals surface area contributed by atoms with Crippen LogP contribution < -0.4 is 15.4 Å². The molecule has 19 heavy (non-hydrogen) atoms. The largest absolute Gasteiger partial charge is 0.495 e. The molecule has 5 heteroatoms. The van der Waals surface area contributed by atoms with E-state index >= 15 is 0 Å². The quantitative estimate of drug-likeness (QED) is 0.788. The van der Waals surface area contributed by atoms with Crippen LogP contribution in [0.2, 0.25) is 0 Å². The van der Waals surface area contributed by atoms with E-state index in [1.54, 1.807) is 26.4 Å². The van der Waals surface area contributed by atoms with Crippen molar-refractivity contribution in [1.29, 1.82) is 0 Å². The van der Waals surface area contributed by atoms with Gasteiger partial charge in [0.05, 0.1) is 25.9 Å². The van der Waals surface area contributed by atoms with Gasteiger partial charge in [0.2, 0.25) is 5.91 Å². The standard InChI is InChI=1S/C14H22N2O3/c1-14(2,10-18-3)15-9-13(17)16-11-7-5-6-8-12(11)19-4/h5-8,15H,9-10H2,1-4H3,(H,16,17). The van der Waals surface area contributed by atoms with Crippen molar-refractivity contribution in [2.24, 2.45) is 0 Å². The SMILES string of the molecule is COCC(C)(C)NCC(=O)Nc1ccccc1OC. The number of hydrogen-bond donors (Lipinski definition) is 2. The molecule has 0 heterocycles. The molecule has 0 aliphatic rings. The van der Waals surface area contributed by atoms with E-state index in [1.165, 1.54) is 0 Å². The summed E-state index contributed by atoms with van der Waals surface area (Å²) in [5, 5.41) is 5.95. The molecular formula is C14H22N2O3. The van der Waals surface area contributed by atoms with Crippen LogP contribution in [0.4, 0.5) is 5.69 Å². The predicted octanol–water partition coefficient (Wildman–Crippen LogP) is 1.65. The van der Waals surface area contributed by atoms with Gasteiger partial charge in [0.15, 0.2) is 0 Å². The van der Waals surface area contributed by atoms with Crippen molar-refractivity contribution >= 4 is 11.6 Å². The molecule has 0 aromatic heterocycles. The highest BCUT2D eigenvalue weighted by molar-refractivity contribution is 5.93. The van der Waals surface area contributed by atoms with Crippen LogP contribution >= 0.6 is 0 Å². The van der Waals surface area contributed by atoms with Crippen molar-refractivity contribution in [3.8, 4) is 5.75 Å². The van der Waals surface area contributed by atoms with Gasteiger partial charge in [-0.25, -0.2) is 0 Å². The fourth-order valence-corrected chi connectivity index (χ4v) is 1.67. The molecule has 106 valence electrons. The number of para-hydroxylation sites is 2. The van der Waals surface area contributed by atoms with Crippen LogP contribution in [-0.4, -0.2) is 38.8 Å². The predicted molar refractivity (Wildman–Crippen MR) is 75.6 cm³/mol. The molecule has 0 bridgehead atoms. The number of carbonyl (C=O) groups is 1. The lowest BCUT2D eigenvalue weighted by Crippen LogP contribution is -2.46. The molecule has 0 spiro atoms. The van der Waals surface area contributed by atoms with E-state index in [2.05, 4.69) is 10.6 Å². The smallest absolute Gasteiger partial charge is 0.238 e. The number of nitrogens with one attached hydrogen (secondary N) is 2. The highest BCUT2D eigenvalue weighted by Gasteiger charge is 2.18. The number of methoxy groups -OCH3 is 2. The van der Waals surface area contributed by atoms with Gasteiger partial charge in [-0.15, -0.1) is 0 Å². The number of carbonyl (C=O) groups excluding carboxylic acids is 1. The Morgan fingerprint density at radius 1 is 1.26 bits per heavy atom. The summed E-state index contributed by atoms with van der Waals surface area (Å²) < 4.78 is 10.3. The first-order valence-electron chi connectivity index (χ1n) is 6.15. The van der Waals surface area contributed by atoms with E-state index < -0.39 is 0 Å². The van der Waals surface area contributed by atoms with Gasteiger partial charge in [-0.3, -0.25) is 4.79 Å². The number of hydrogen-bond acceptors (Lipinski definition) is 4. The van der Waals surface area contributed by atoms with Crippen molar-refractivity contribution in [1.82, 2.24) is 5.32 Å². The molecule has 2 N–H and O–H groups in total. The molecule has 0 unspecified atom stereocenters. The second-order valence-corrected chi connectivity index (χ2v) is 4.92. The van der Waals surface area contributed by atoms with Gasteiger partial charge >= 0.3 is 0 Å². The second-order valence-electron chi connectivity index (χ2n) is 4.92.